The van der Waals surface area contributed by atoms with E-state index in [0.717, 1.165) is 26.0 Å². The standard InChI is InChI=1S/2C6H5NO2.C6H7N.2C3H8O.C3H8.6C2H6.CH2I2.CH4O.CH4/c2*8-7(9)6-4-2-1-3-5-6;7-6-4-2-1-3-5-6;2*1-3-4-2;1-3-2;6*1-2;2-1-3;1-2;/h2*1-5H;1-5H,7H2;2*3H2,1-2H3;3H2,1-2H3;6*1-2H3;1H2;2H,1H3;1H4. The molecule has 0 saturated carbocycles. The van der Waals surface area contributed by atoms with Crippen LogP contribution in [0.2, 0.25) is 0 Å². The van der Waals surface area contributed by atoms with Gasteiger partial charge in [0.05, 0.1) is 12.3 Å². The van der Waals surface area contributed by atoms with Gasteiger partial charge in [0.15, 0.2) is 0 Å². The molecule has 3 aromatic carbocycles. The minimum absolute atomic E-state index is 0. The molecule has 10 nitrogen and oxygen atoms in total. The molecule has 0 bridgehead atoms. The van der Waals surface area contributed by atoms with E-state index in [1.165, 1.54) is 33.1 Å². The van der Waals surface area contributed by atoms with Gasteiger partial charge in [-0.3, -0.25) is 20.2 Å². The number of halogens is 2. The number of hydrogen-bond donors (Lipinski definition) is 2. The predicted molar refractivity (Wildman–Crippen MR) is 264 cm³/mol. The maximum atomic E-state index is 10.0. The van der Waals surface area contributed by atoms with Crippen LogP contribution in [0.15, 0.2) is 91.0 Å². The number of nitrogen functional groups attached to an aromatic ring is 1. The first-order valence-corrected chi connectivity index (χ1v) is 21.5. The number of nitro groups is 2. The Morgan fingerprint density at radius 1 is 0.537 bits per heavy atom. The van der Waals surface area contributed by atoms with Crippen molar-refractivity contribution in [1.29, 1.82) is 0 Å². The number of alkyl halides is 2. The molecule has 326 valence electrons. The van der Waals surface area contributed by atoms with E-state index in [-0.39, 0.29) is 18.8 Å². The van der Waals surface area contributed by atoms with E-state index in [1.54, 1.807) is 50.6 Å². The maximum Gasteiger partial charge on any atom is 0.269 e. The minimum atomic E-state index is -0.417. The summed E-state index contributed by atoms with van der Waals surface area (Å²) in [5.41, 5.74) is 6.45. The normalized spacial score (nSPS) is 6.63. The molecule has 0 radical (unpaired) electrons. The van der Waals surface area contributed by atoms with Crippen molar-refractivity contribution in [3.05, 3.63) is 111 Å². The van der Waals surface area contributed by atoms with Gasteiger partial charge in [-0.05, 0) is 26.0 Å². The summed E-state index contributed by atoms with van der Waals surface area (Å²) in [6.07, 6.45) is 1.25. The second kappa shape index (κ2) is 110. The lowest BCUT2D eigenvalue weighted by Crippen LogP contribution is -1.84. The first kappa shape index (κ1) is 84.2. The number of aliphatic hydroxyl groups is 1. The van der Waals surface area contributed by atoms with E-state index in [9.17, 15) is 20.2 Å². The highest BCUT2D eigenvalue weighted by atomic mass is 127. The van der Waals surface area contributed by atoms with E-state index in [2.05, 4.69) is 68.5 Å². The molecule has 0 amide bonds. The maximum absolute atomic E-state index is 10.0. The largest absolute Gasteiger partial charge is 0.400 e. The fraction of sp³-hybridized carbons (Fsp3) is 0.571. The fourth-order valence-corrected chi connectivity index (χ4v) is 1.55. The van der Waals surface area contributed by atoms with Gasteiger partial charge in [0, 0.05) is 64.5 Å². The molecular formula is C42H87I2N3O7. The van der Waals surface area contributed by atoms with E-state index in [0.29, 0.717) is 0 Å². The second-order valence-electron chi connectivity index (χ2n) is 6.56. The molecule has 54 heavy (non-hydrogen) atoms. The van der Waals surface area contributed by atoms with Crippen LogP contribution in [0, 0.1) is 20.2 Å². The van der Waals surface area contributed by atoms with Gasteiger partial charge in [-0.15, -0.1) is 0 Å². The van der Waals surface area contributed by atoms with Crippen LogP contribution in [-0.4, -0.2) is 51.9 Å². The first-order valence-electron chi connectivity index (χ1n) is 18.4. The first-order chi connectivity index (χ1) is 25.7. The Labute approximate surface area is 363 Å². The molecule has 0 spiro atoms. The van der Waals surface area contributed by atoms with Crippen molar-refractivity contribution < 1.29 is 24.4 Å². The quantitative estimate of drug-likeness (QED) is 0.0862. The van der Waals surface area contributed by atoms with E-state index >= 15 is 0 Å². The lowest BCUT2D eigenvalue weighted by atomic mass is 10.3. The molecule has 3 rings (SSSR count). The van der Waals surface area contributed by atoms with Crippen LogP contribution >= 0.6 is 45.2 Å². The van der Waals surface area contributed by atoms with Gasteiger partial charge >= 0.3 is 0 Å². The van der Waals surface area contributed by atoms with Crippen molar-refractivity contribution in [1.82, 2.24) is 0 Å². The van der Waals surface area contributed by atoms with E-state index in [1.807, 2.05) is 127 Å². The number of nitrogens with two attached hydrogens (primary N) is 1. The lowest BCUT2D eigenvalue weighted by molar-refractivity contribution is -0.385. The van der Waals surface area contributed by atoms with Crippen LogP contribution in [-0.2, 0) is 9.47 Å². The smallest absolute Gasteiger partial charge is 0.269 e. The van der Waals surface area contributed by atoms with Crippen molar-refractivity contribution in [2.24, 2.45) is 0 Å². The third kappa shape index (κ3) is 117. The number of non-ortho nitro benzene ring substituents is 2. The number of nitrogens with zero attached hydrogens (tertiary/aromatic N) is 2. The van der Waals surface area contributed by atoms with Crippen LogP contribution in [0.4, 0.5) is 17.1 Å². The summed E-state index contributed by atoms with van der Waals surface area (Å²) in [7, 11) is 4.36. The molecule has 0 aliphatic heterocycles. The number of aliphatic hydroxyl groups excluding tert-OH is 1. The Morgan fingerprint density at radius 2 is 0.685 bits per heavy atom. The minimum Gasteiger partial charge on any atom is -0.400 e. The molecular weight excluding hydrogens is 912 g/mol. The molecule has 0 aliphatic carbocycles. The number of methoxy groups -OCH3 is 2. The van der Waals surface area contributed by atoms with Gasteiger partial charge in [0.25, 0.3) is 11.4 Å². The summed E-state index contributed by atoms with van der Waals surface area (Å²) >= 11 is 4.55. The van der Waals surface area contributed by atoms with Gasteiger partial charge in [0.2, 0.25) is 0 Å². The van der Waals surface area contributed by atoms with Crippen LogP contribution in [0.1, 0.15) is 125 Å². The van der Waals surface area contributed by atoms with Gasteiger partial charge < -0.3 is 20.3 Å². The average molecular weight is 1000 g/mol. The Hall–Kier alpha value is -2.40. The van der Waals surface area contributed by atoms with Gasteiger partial charge in [-0.1, -0.05) is 211 Å². The average Bonchev–Trinajstić information content (AvgIpc) is 3.25. The Bertz CT molecular complexity index is 827. The molecule has 0 aromatic heterocycles. The molecule has 0 fully saturated rings. The summed E-state index contributed by atoms with van der Waals surface area (Å²) in [5.74, 6) is 0. The van der Waals surface area contributed by atoms with Gasteiger partial charge in [0.1, 0.15) is 0 Å². The highest BCUT2D eigenvalue weighted by Crippen LogP contribution is 2.07. The van der Waals surface area contributed by atoms with Crippen LogP contribution < -0.4 is 5.73 Å². The zero-order valence-corrected chi connectivity index (χ0v) is 41.4. The third-order valence-electron chi connectivity index (χ3n) is 3.31. The third-order valence-corrected chi connectivity index (χ3v) is 3.31. The van der Waals surface area contributed by atoms with Crippen molar-refractivity contribution in [2.75, 3.05) is 42.7 Å². The topological polar surface area (TPSA) is 151 Å². The highest BCUT2D eigenvalue weighted by molar-refractivity contribution is 14.2. The molecule has 0 saturated heterocycles. The molecule has 0 atom stereocenters. The number of nitro benzene ring substituents is 2. The highest BCUT2D eigenvalue weighted by Gasteiger charge is 1.99. The Balaban J connectivity index is -0.0000000370. The molecule has 0 heterocycles. The molecule has 0 unspecified atom stereocenters. The lowest BCUT2D eigenvalue weighted by Gasteiger charge is -1.85. The Kier molecular flexibility index (Phi) is 172. The second-order valence-corrected chi connectivity index (χ2v) is 11.0. The molecule has 12 heteroatoms. The van der Waals surface area contributed by atoms with E-state index < -0.39 is 9.85 Å². The zero-order valence-electron chi connectivity index (χ0n) is 37.1. The van der Waals surface area contributed by atoms with Crippen molar-refractivity contribution in [3.8, 4) is 0 Å². The SMILES string of the molecule is C.CC.CC.CC.CC.CC.CC.CCC.CCOC.CCOC.CO.ICI.Nc1ccccc1.O=[N+]([O-])c1ccccc1.O=[N+]([O-])c1ccccc1. The van der Waals surface area contributed by atoms with Crippen LogP contribution in [0.25, 0.3) is 0 Å². The van der Waals surface area contributed by atoms with Gasteiger partial charge in [-0.25, -0.2) is 0 Å². The number of anilines is 1. The number of para-hydroxylation sites is 3. The monoisotopic (exact) mass is 999 g/mol. The summed E-state index contributed by atoms with van der Waals surface area (Å²) in [6, 6.07) is 25.4. The number of ether oxygens (including phenoxy) is 2. The van der Waals surface area contributed by atoms with Crippen LogP contribution in [0.3, 0.4) is 0 Å². The molecule has 3 aromatic rings. The summed E-state index contributed by atoms with van der Waals surface area (Å²) < 4.78 is 10.3. The number of rotatable bonds is 4. The number of benzene rings is 3. The van der Waals surface area contributed by atoms with Gasteiger partial charge in [-0.2, -0.15) is 0 Å². The van der Waals surface area contributed by atoms with Crippen molar-refractivity contribution in [2.45, 2.75) is 125 Å². The predicted octanol–water partition coefficient (Wildman–Crippen LogP) is 15.4. The van der Waals surface area contributed by atoms with Crippen LogP contribution in [0.5, 0.6) is 0 Å². The zero-order chi connectivity index (χ0) is 44.7. The molecule has 0 aliphatic rings. The summed E-state index contributed by atoms with van der Waals surface area (Å²) in [4.78, 5) is 19.2. The Morgan fingerprint density at radius 3 is 0.759 bits per heavy atom. The van der Waals surface area contributed by atoms with Crippen molar-refractivity contribution >= 4 is 62.2 Å². The van der Waals surface area contributed by atoms with E-state index in [4.69, 9.17) is 10.8 Å². The molecule has 3 N–H and O–H groups in total. The summed E-state index contributed by atoms with van der Waals surface area (Å²) in [6.45, 7) is 33.8. The number of hydrogen-bond acceptors (Lipinski definition) is 8. The summed E-state index contributed by atoms with van der Waals surface area (Å²) in [5, 5.41) is 27.0. The fourth-order valence-electron chi connectivity index (χ4n) is 1.55. The van der Waals surface area contributed by atoms with Crippen molar-refractivity contribution in [3.63, 3.8) is 0 Å².